The number of nitrogen functional groups attached to an aromatic ring is 1. The van der Waals surface area contributed by atoms with Crippen LogP contribution in [0.4, 0.5) is 5.95 Å². The Hall–Kier alpha value is -1.56. The van der Waals surface area contributed by atoms with Gasteiger partial charge in [0.25, 0.3) is 0 Å². The third-order valence-corrected chi connectivity index (χ3v) is 3.70. The minimum atomic E-state index is -3.04. The van der Waals surface area contributed by atoms with Crippen LogP contribution < -0.4 is 5.73 Å². The van der Waals surface area contributed by atoms with Gasteiger partial charge >= 0.3 is 0 Å². The van der Waals surface area contributed by atoms with Crippen molar-refractivity contribution < 1.29 is 8.42 Å². The average Bonchev–Trinajstić information content (AvgIpc) is 2.50. The van der Waals surface area contributed by atoms with Gasteiger partial charge in [0.15, 0.2) is 0 Å². The van der Waals surface area contributed by atoms with Gasteiger partial charge in [-0.15, -0.1) is 0 Å². The first kappa shape index (κ1) is 11.9. The minimum absolute atomic E-state index is 0.0531. The summed E-state index contributed by atoms with van der Waals surface area (Å²) in [7, 11) is -3.04. The Kier molecular flexibility index (Phi) is 2.82. The first-order valence-corrected chi connectivity index (χ1v) is 7.35. The standard InChI is InChI=1S/C11H15N3O2S/c1-8(7-17(2,15)16)14-10-6-4-3-5-9(10)13-11(14)12/h3-6,8H,7H2,1-2H3,(H2,12,13). The fraction of sp³-hybridized carbons (Fsp3) is 0.364. The number of fused-ring (bicyclic) bond motifs is 1. The molecule has 1 unspecified atom stereocenters. The summed E-state index contributed by atoms with van der Waals surface area (Å²) in [5, 5.41) is 0. The highest BCUT2D eigenvalue weighted by atomic mass is 32.2. The zero-order chi connectivity index (χ0) is 12.6. The van der Waals surface area contributed by atoms with E-state index in [0.717, 1.165) is 11.0 Å². The normalized spacial score (nSPS) is 14.0. The van der Waals surface area contributed by atoms with Crippen molar-refractivity contribution in [2.75, 3.05) is 17.7 Å². The highest BCUT2D eigenvalue weighted by Gasteiger charge is 2.17. The molecule has 0 amide bonds. The molecule has 5 nitrogen and oxygen atoms in total. The van der Waals surface area contributed by atoms with E-state index < -0.39 is 9.84 Å². The smallest absolute Gasteiger partial charge is 0.201 e. The summed E-state index contributed by atoms with van der Waals surface area (Å²) in [6, 6.07) is 7.28. The van der Waals surface area contributed by atoms with Crippen LogP contribution in [0.25, 0.3) is 11.0 Å². The molecule has 0 spiro atoms. The van der Waals surface area contributed by atoms with E-state index in [4.69, 9.17) is 5.73 Å². The summed E-state index contributed by atoms with van der Waals surface area (Å²) in [6.45, 7) is 1.82. The van der Waals surface area contributed by atoms with Crippen LogP contribution in [0.2, 0.25) is 0 Å². The number of hydrogen-bond donors (Lipinski definition) is 1. The summed E-state index contributed by atoms with van der Waals surface area (Å²) >= 11 is 0. The second-order valence-corrected chi connectivity index (χ2v) is 6.45. The van der Waals surface area contributed by atoms with E-state index in [2.05, 4.69) is 4.98 Å². The lowest BCUT2D eigenvalue weighted by molar-refractivity contribution is 0.571. The number of imidazole rings is 1. The van der Waals surface area contributed by atoms with Crippen LogP contribution in [0.5, 0.6) is 0 Å². The van der Waals surface area contributed by atoms with Crippen LogP contribution >= 0.6 is 0 Å². The molecular weight excluding hydrogens is 238 g/mol. The van der Waals surface area contributed by atoms with Crippen molar-refractivity contribution in [3.63, 3.8) is 0 Å². The molecular formula is C11H15N3O2S. The second kappa shape index (κ2) is 4.03. The molecule has 0 bridgehead atoms. The van der Waals surface area contributed by atoms with Gasteiger partial charge in [-0.25, -0.2) is 13.4 Å². The fourth-order valence-corrected chi connectivity index (χ4v) is 3.06. The molecule has 1 aromatic carbocycles. The van der Waals surface area contributed by atoms with Crippen LogP contribution in [0, 0.1) is 0 Å². The Morgan fingerprint density at radius 3 is 2.71 bits per heavy atom. The Morgan fingerprint density at radius 2 is 2.06 bits per heavy atom. The van der Waals surface area contributed by atoms with Crippen molar-refractivity contribution in [2.24, 2.45) is 0 Å². The molecule has 1 atom stereocenters. The van der Waals surface area contributed by atoms with Crippen molar-refractivity contribution in [3.05, 3.63) is 24.3 Å². The Bertz CT molecular complexity index is 646. The molecule has 0 aliphatic carbocycles. The van der Waals surface area contributed by atoms with Crippen LogP contribution in [0.15, 0.2) is 24.3 Å². The lowest BCUT2D eigenvalue weighted by Crippen LogP contribution is -2.18. The van der Waals surface area contributed by atoms with Crippen molar-refractivity contribution in [3.8, 4) is 0 Å². The second-order valence-electron chi connectivity index (χ2n) is 4.27. The molecule has 0 saturated heterocycles. The summed E-state index contributed by atoms with van der Waals surface area (Å²) in [5.41, 5.74) is 7.48. The monoisotopic (exact) mass is 253 g/mol. The molecule has 0 radical (unpaired) electrons. The minimum Gasteiger partial charge on any atom is -0.369 e. The van der Waals surface area contributed by atoms with Gasteiger partial charge in [-0.1, -0.05) is 12.1 Å². The molecule has 17 heavy (non-hydrogen) atoms. The molecule has 2 N–H and O–H groups in total. The SMILES string of the molecule is CC(CS(C)(=O)=O)n1c(N)nc2ccccc21. The number of para-hydroxylation sites is 2. The van der Waals surface area contributed by atoms with Crippen LogP contribution in [-0.4, -0.2) is 30.0 Å². The lowest BCUT2D eigenvalue weighted by atomic mass is 10.3. The van der Waals surface area contributed by atoms with E-state index in [9.17, 15) is 8.42 Å². The molecule has 2 rings (SSSR count). The summed E-state index contributed by atoms with van der Waals surface area (Å²) in [5.74, 6) is 0.403. The largest absolute Gasteiger partial charge is 0.369 e. The number of rotatable bonds is 3. The van der Waals surface area contributed by atoms with Crippen LogP contribution in [0.3, 0.4) is 0 Å². The molecule has 1 heterocycles. The maximum absolute atomic E-state index is 11.3. The molecule has 0 aliphatic rings. The van der Waals surface area contributed by atoms with E-state index in [1.165, 1.54) is 6.26 Å². The zero-order valence-corrected chi connectivity index (χ0v) is 10.6. The Labute approximate surface area is 100 Å². The van der Waals surface area contributed by atoms with E-state index in [1.807, 2.05) is 31.2 Å². The van der Waals surface area contributed by atoms with Crippen molar-refractivity contribution in [1.29, 1.82) is 0 Å². The van der Waals surface area contributed by atoms with Gasteiger partial charge in [-0.05, 0) is 19.1 Å². The molecule has 1 aromatic heterocycles. The van der Waals surface area contributed by atoms with Crippen LogP contribution in [-0.2, 0) is 9.84 Å². The maximum atomic E-state index is 11.3. The number of nitrogens with zero attached hydrogens (tertiary/aromatic N) is 2. The summed E-state index contributed by atoms with van der Waals surface area (Å²) in [4.78, 5) is 4.21. The third-order valence-electron chi connectivity index (χ3n) is 2.61. The zero-order valence-electron chi connectivity index (χ0n) is 9.79. The number of sulfone groups is 1. The highest BCUT2D eigenvalue weighted by molar-refractivity contribution is 7.90. The summed E-state index contributed by atoms with van der Waals surface area (Å²) in [6.07, 6.45) is 1.22. The van der Waals surface area contributed by atoms with Gasteiger partial charge in [-0.3, -0.25) is 0 Å². The van der Waals surface area contributed by atoms with E-state index >= 15 is 0 Å². The van der Waals surface area contributed by atoms with Gasteiger partial charge in [0.2, 0.25) is 5.95 Å². The number of anilines is 1. The average molecular weight is 253 g/mol. The fourth-order valence-electron chi connectivity index (χ4n) is 2.04. The molecule has 6 heteroatoms. The number of benzene rings is 1. The molecule has 0 saturated carbocycles. The quantitative estimate of drug-likeness (QED) is 0.892. The number of hydrogen-bond acceptors (Lipinski definition) is 4. The molecule has 0 aliphatic heterocycles. The highest BCUT2D eigenvalue weighted by Crippen LogP contribution is 2.23. The van der Waals surface area contributed by atoms with E-state index in [1.54, 1.807) is 4.57 Å². The first-order valence-electron chi connectivity index (χ1n) is 5.28. The van der Waals surface area contributed by atoms with Gasteiger partial charge < -0.3 is 10.3 Å². The van der Waals surface area contributed by atoms with Crippen LogP contribution in [0.1, 0.15) is 13.0 Å². The summed E-state index contributed by atoms with van der Waals surface area (Å²) < 4.78 is 24.4. The third kappa shape index (κ3) is 2.41. The Morgan fingerprint density at radius 1 is 1.41 bits per heavy atom. The van der Waals surface area contributed by atoms with Crippen molar-refractivity contribution in [1.82, 2.24) is 9.55 Å². The van der Waals surface area contributed by atoms with Gasteiger partial charge in [0.1, 0.15) is 9.84 Å². The number of aromatic nitrogens is 2. The van der Waals surface area contributed by atoms with E-state index in [-0.39, 0.29) is 11.8 Å². The van der Waals surface area contributed by atoms with Crippen molar-refractivity contribution >= 4 is 26.8 Å². The van der Waals surface area contributed by atoms with E-state index in [0.29, 0.717) is 5.95 Å². The topological polar surface area (TPSA) is 78.0 Å². The maximum Gasteiger partial charge on any atom is 0.201 e. The van der Waals surface area contributed by atoms with Crippen molar-refractivity contribution in [2.45, 2.75) is 13.0 Å². The van der Waals surface area contributed by atoms with Gasteiger partial charge in [0, 0.05) is 12.3 Å². The molecule has 92 valence electrons. The molecule has 2 aromatic rings. The lowest BCUT2D eigenvalue weighted by Gasteiger charge is -2.14. The predicted molar refractivity (Wildman–Crippen MR) is 68.6 cm³/mol. The predicted octanol–water partition coefficient (Wildman–Crippen LogP) is 1.22. The number of nitrogens with two attached hydrogens (primary N) is 1. The van der Waals surface area contributed by atoms with Gasteiger partial charge in [0.05, 0.1) is 16.8 Å². The first-order chi connectivity index (χ1) is 7.88. The van der Waals surface area contributed by atoms with Gasteiger partial charge in [-0.2, -0.15) is 0 Å². The molecule has 0 fully saturated rings. The Balaban J connectivity index is 2.51.